The number of aryl methyl sites for hydroxylation is 1. The summed E-state index contributed by atoms with van der Waals surface area (Å²) in [5.41, 5.74) is 6.11. The van der Waals surface area contributed by atoms with E-state index in [0.717, 1.165) is 6.42 Å². The maximum atomic E-state index is 9.22. The number of aliphatic hydroxyl groups excluding tert-OH is 1. The van der Waals surface area contributed by atoms with Crippen molar-refractivity contribution in [1.82, 2.24) is 0 Å². The molecule has 0 bridgehead atoms. The summed E-state index contributed by atoms with van der Waals surface area (Å²) in [6.45, 7) is 14.2. The molecule has 1 aromatic rings. The molecule has 0 aromatic heterocycles. The number of hydrogen-bond acceptors (Lipinski definition) is 1. The minimum Gasteiger partial charge on any atom is -0.396 e. The number of benzene rings is 1. The second-order valence-corrected chi connectivity index (χ2v) is 7.51. The van der Waals surface area contributed by atoms with Crippen LogP contribution in [0.3, 0.4) is 0 Å². The predicted molar refractivity (Wildman–Crippen MR) is 81.8 cm³/mol. The normalized spacial score (nSPS) is 24.1. The largest absolute Gasteiger partial charge is 0.396 e. The second kappa shape index (κ2) is 4.63. The molecule has 0 saturated carbocycles. The highest BCUT2D eigenvalue weighted by Gasteiger charge is 2.42. The second-order valence-electron chi connectivity index (χ2n) is 7.51. The zero-order valence-corrected chi connectivity index (χ0v) is 13.3. The quantitative estimate of drug-likeness (QED) is 0.848. The molecule has 106 valence electrons. The van der Waals surface area contributed by atoms with Crippen molar-refractivity contribution in [3.05, 3.63) is 34.4 Å². The van der Waals surface area contributed by atoms with E-state index in [1.54, 1.807) is 0 Å². The van der Waals surface area contributed by atoms with Crippen LogP contribution in [0.4, 0.5) is 0 Å². The smallest absolute Gasteiger partial charge is 0.0471 e. The molecule has 0 radical (unpaired) electrons. The van der Waals surface area contributed by atoms with Crippen molar-refractivity contribution in [3.8, 4) is 0 Å². The lowest BCUT2D eigenvalue weighted by Gasteiger charge is -2.47. The van der Waals surface area contributed by atoms with Crippen LogP contribution in [0, 0.1) is 12.8 Å². The SMILES string of the molecule is Cc1cc2c(cc1CCO)C(C)(C)CC(C)C2(C)C. The van der Waals surface area contributed by atoms with Gasteiger partial charge in [-0.25, -0.2) is 0 Å². The standard InChI is InChI=1S/C18H28O/c1-12-9-16-15(10-14(12)7-8-19)17(3,4)11-13(2)18(16,5)6/h9-10,13,19H,7-8,11H2,1-6H3. The minimum atomic E-state index is 0.236. The van der Waals surface area contributed by atoms with Gasteiger partial charge in [0.1, 0.15) is 0 Å². The predicted octanol–water partition coefficient (Wildman–Crippen LogP) is 4.12. The molecule has 1 atom stereocenters. The van der Waals surface area contributed by atoms with E-state index in [9.17, 15) is 5.11 Å². The molecule has 0 fully saturated rings. The maximum absolute atomic E-state index is 9.22. The molecule has 1 unspecified atom stereocenters. The third-order valence-electron chi connectivity index (χ3n) is 5.33. The Labute approximate surface area is 118 Å². The molecule has 1 aromatic carbocycles. The van der Waals surface area contributed by atoms with Gasteiger partial charge in [0.15, 0.2) is 0 Å². The number of fused-ring (bicyclic) bond motifs is 1. The molecule has 1 nitrogen and oxygen atoms in total. The Balaban J connectivity index is 2.65. The third kappa shape index (κ3) is 2.33. The van der Waals surface area contributed by atoms with Gasteiger partial charge in [-0.3, -0.25) is 0 Å². The minimum absolute atomic E-state index is 0.236. The molecule has 1 N–H and O–H groups in total. The van der Waals surface area contributed by atoms with Gasteiger partial charge in [-0.05, 0) is 58.8 Å². The van der Waals surface area contributed by atoms with Crippen molar-refractivity contribution in [1.29, 1.82) is 0 Å². The topological polar surface area (TPSA) is 20.2 Å². The molecule has 1 heteroatoms. The molecular formula is C18H28O. The van der Waals surface area contributed by atoms with Gasteiger partial charge in [-0.1, -0.05) is 46.8 Å². The molecule has 0 spiro atoms. The Hall–Kier alpha value is -0.820. The van der Waals surface area contributed by atoms with Gasteiger partial charge in [-0.2, -0.15) is 0 Å². The number of rotatable bonds is 2. The molecule has 2 rings (SSSR count). The van der Waals surface area contributed by atoms with Gasteiger partial charge in [0.2, 0.25) is 0 Å². The highest BCUT2D eigenvalue weighted by molar-refractivity contribution is 5.47. The van der Waals surface area contributed by atoms with E-state index in [1.165, 1.54) is 28.7 Å². The van der Waals surface area contributed by atoms with E-state index < -0.39 is 0 Å². The number of hydrogen-bond donors (Lipinski definition) is 1. The summed E-state index contributed by atoms with van der Waals surface area (Å²) in [4.78, 5) is 0. The van der Waals surface area contributed by atoms with Crippen molar-refractivity contribution < 1.29 is 5.11 Å². The molecule has 0 saturated heterocycles. The van der Waals surface area contributed by atoms with E-state index in [4.69, 9.17) is 0 Å². The Bertz CT molecular complexity index is 483. The summed E-state index contributed by atoms with van der Waals surface area (Å²) < 4.78 is 0. The van der Waals surface area contributed by atoms with Crippen LogP contribution >= 0.6 is 0 Å². The summed E-state index contributed by atoms with van der Waals surface area (Å²) in [6, 6.07) is 4.73. The van der Waals surface area contributed by atoms with E-state index in [0.29, 0.717) is 5.92 Å². The highest BCUT2D eigenvalue weighted by Crippen LogP contribution is 2.49. The first-order chi connectivity index (χ1) is 8.70. The fourth-order valence-electron chi connectivity index (χ4n) is 3.63. The average molecular weight is 260 g/mol. The van der Waals surface area contributed by atoms with Crippen LogP contribution < -0.4 is 0 Å². The Morgan fingerprint density at radius 2 is 1.79 bits per heavy atom. The summed E-state index contributed by atoms with van der Waals surface area (Å²) in [5.74, 6) is 0.693. The zero-order chi connectivity index (χ0) is 14.4. The van der Waals surface area contributed by atoms with Crippen LogP contribution in [-0.2, 0) is 17.3 Å². The van der Waals surface area contributed by atoms with Crippen molar-refractivity contribution in [2.45, 2.75) is 65.2 Å². The molecule has 0 amide bonds. The lowest BCUT2D eigenvalue weighted by Crippen LogP contribution is -2.40. The molecule has 1 aliphatic rings. The van der Waals surface area contributed by atoms with Crippen molar-refractivity contribution in [2.24, 2.45) is 5.92 Å². The molecular weight excluding hydrogens is 232 g/mol. The first-order valence-electron chi connectivity index (χ1n) is 7.45. The summed E-state index contributed by atoms with van der Waals surface area (Å²) in [5, 5.41) is 9.22. The maximum Gasteiger partial charge on any atom is 0.0471 e. The van der Waals surface area contributed by atoms with Crippen molar-refractivity contribution >= 4 is 0 Å². The Morgan fingerprint density at radius 3 is 2.37 bits per heavy atom. The fourth-order valence-corrected chi connectivity index (χ4v) is 3.63. The van der Waals surface area contributed by atoms with Gasteiger partial charge in [0.05, 0.1) is 0 Å². The van der Waals surface area contributed by atoms with Crippen LogP contribution in [0.15, 0.2) is 12.1 Å². The summed E-state index contributed by atoms with van der Waals surface area (Å²) in [7, 11) is 0. The molecule has 19 heavy (non-hydrogen) atoms. The average Bonchev–Trinajstić information content (AvgIpc) is 2.29. The van der Waals surface area contributed by atoms with Gasteiger partial charge >= 0.3 is 0 Å². The molecule has 0 heterocycles. The Morgan fingerprint density at radius 1 is 1.16 bits per heavy atom. The zero-order valence-electron chi connectivity index (χ0n) is 13.3. The Kier molecular flexibility index (Phi) is 3.55. The lowest BCUT2D eigenvalue weighted by atomic mass is 9.58. The van der Waals surface area contributed by atoms with Crippen LogP contribution in [0.1, 0.15) is 63.3 Å². The van der Waals surface area contributed by atoms with Gasteiger partial charge in [0.25, 0.3) is 0 Å². The lowest BCUT2D eigenvalue weighted by molar-refractivity contribution is 0.233. The fraction of sp³-hybridized carbons (Fsp3) is 0.667. The number of aliphatic hydroxyl groups is 1. The van der Waals surface area contributed by atoms with E-state index in [-0.39, 0.29) is 17.4 Å². The summed E-state index contributed by atoms with van der Waals surface area (Å²) in [6.07, 6.45) is 2.00. The van der Waals surface area contributed by atoms with Gasteiger partial charge < -0.3 is 5.11 Å². The van der Waals surface area contributed by atoms with Crippen LogP contribution in [0.5, 0.6) is 0 Å². The van der Waals surface area contributed by atoms with E-state index >= 15 is 0 Å². The first kappa shape index (κ1) is 14.6. The summed E-state index contributed by atoms with van der Waals surface area (Å²) >= 11 is 0. The van der Waals surface area contributed by atoms with Crippen LogP contribution in [0.2, 0.25) is 0 Å². The van der Waals surface area contributed by atoms with Gasteiger partial charge in [0, 0.05) is 6.61 Å². The van der Waals surface area contributed by atoms with Gasteiger partial charge in [-0.15, -0.1) is 0 Å². The molecule has 1 aliphatic carbocycles. The third-order valence-corrected chi connectivity index (χ3v) is 5.33. The first-order valence-corrected chi connectivity index (χ1v) is 7.45. The highest BCUT2D eigenvalue weighted by atomic mass is 16.2. The monoisotopic (exact) mass is 260 g/mol. The molecule has 0 aliphatic heterocycles. The van der Waals surface area contributed by atoms with E-state index in [1.807, 2.05) is 0 Å². The van der Waals surface area contributed by atoms with Crippen LogP contribution in [0.25, 0.3) is 0 Å². The van der Waals surface area contributed by atoms with Crippen LogP contribution in [-0.4, -0.2) is 11.7 Å². The van der Waals surface area contributed by atoms with E-state index in [2.05, 4.69) is 53.7 Å². The van der Waals surface area contributed by atoms with Crippen molar-refractivity contribution in [3.63, 3.8) is 0 Å². The van der Waals surface area contributed by atoms with Crippen molar-refractivity contribution in [2.75, 3.05) is 6.61 Å².